The average molecular weight is 242 g/mol. The highest BCUT2D eigenvalue weighted by Gasteiger charge is 2.46. The predicted molar refractivity (Wildman–Crippen MR) is 65.9 cm³/mol. The molecule has 1 aliphatic heterocycles. The number of amides is 3. The molecule has 1 atom stereocenters. The Bertz CT molecular complexity index is 296. The van der Waals surface area contributed by atoms with E-state index in [0.717, 1.165) is 19.3 Å². The van der Waals surface area contributed by atoms with Crippen LogP contribution < -0.4 is 11.5 Å². The first-order valence-corrected chi connectivity index (χ1v) is 6.37. The molecule has 5 heteroatoms. The van der Waals surface area contributed by atoms with Gasteiger partial charge in [-0.25, -0.2) is 9.59 Å². The molecule has 0 saturated carbocycles. The molecule has 0 unspecified atom stereocenters. The van der Waals surface area contributed by atoms with Gasteiger partial charge < -0.3 is 11.5 Å². The summed E-state index contributed by atoms with van der Waals surface area (Å²) in [6.07, 6.45) is 3.39. The number of likely N-dealkylation sites (tertiary alicyclic amines) is 1. The number of urea groups is 1. The van der Waals surface area contributed by atoms with Crippen LogP contribution in [0.5, 0.6) is 0 Å². The van der Waals surface area contributed by atoms with E-state index >= 15 is 0 Å². The molecular weight excluding hydrogens is 218 g/mol. The largest absolute Gasteiger partial charge is 0.421 e. The first-order chi connectivity index (χ1) is 7.90. The smallest absolute Gasteiger partial charge is 0.318 e. The average Bonchev–Trinajstić information content (AvgIpc) is 2.27. The van der Waals surface area contributed by atoms with Crippen molar-refractivity contribution in [1.29, 1.82) is 0 Å². The number of hydrogen-bond acceptors (Lipinski definition) is 3. The molecule has 0 aliphatic carbocycles. The lowest BCUT2D eigenvalue weighted by molar-refractivity contribution is -0.779. The number of hydrogen-bond donors (Lipinski definition) is 2. The first kappa shape index (κ1) is 14.1. The maximum atomic E-state index is 12.3. The Kier molecular flexibility index (Phi) is 4.65. The molecule has 1 rings (SSSR count). The van der Waals surface area contributed by atoms with Gasteiger partial charge in [0.1, 0.15) is 6.04 Å². The topological polar surface area (TPSA) is 86.2 Å². The highest BCUT2D eigenvalue weighted by molar-refractivity contribution is 5.86. The number of primary amides is 1. The van der Waals surface area contributed by atoms with Crippen LogP contribution in [0.4, 0.5) is 4.79 Å². The van der Waals surface area contributed by atoms with Gasteiger partial charge in [0.05, 0.1) is 13.1 Å². The highest BCUT2D eigenvalue weighted by Crippen LogP contribution is 2.21. The van der Waals surface area contributed by atoms with Gasteiger partial charge in [0.2, 0.25) is 0 Å². The fraction of sp³-hybridized carbons (Fsp3) is 0.833. The Morgan fingerprint density at radius 1 is 1.18 bits per heavy atom. The minimum absolute atomic E-state index is 0.203. The third-order valence-electron chi connectivity index (χ3n) is 3.47. The minimum atomic E-state index is -0.583. The minimum Gasteiger partial charge on any atom is -0.318 e. The second-order valence-corrected chi connectivity index (χ2v) is 5.39. The van der Waals surface area contributed by atoms with E-state index in [1.807, 2.05) is 13.8 Å². The lowest BCUT2D eigenvalue weighted by atomic mass is 10.00. The SMILES string of the molecule is CC(C)C[C@H](N)C(=O)[N+]1(C(N)=O)CCCCC1. The Morgan fingerprint density at radius 2 is 1.71 bits per heavy atom. The molecule has 4 N–H and O–H groups in total. The quantitative estimate of drug-likeness (QED) is 0.723. The highest BCUT2D eigenvalue weighted by atomic mass is 16.2. The zero-order valence-corrected chi connectivity index (χ0v) is 10.8. The van der Waals surface area contributed by atoms with Crippen LogP contribution in [0, 0.1) is 5.92 Å². The van der Waals surface area contributed by atoms with E-state index < -0.39 is 12.1 Å². The molecule has 1 fully saturated rings. The Hall–Kier alpha value is -0.940. The molecule has 0 aromatic carbocycles. The van der Waals surface area contributed by atoms with Crippen LogP contribution in [-0.4, -0.2) is 35.6 Å². The van der Waals surface area contributed by atoms with E-state index in [2.05, 4.69) is 0 Å². The Labute approximate surface area is 103 Å². The molecule has 0 aromatic heterocycles. The molecule has 0 spiro atoms. The molecule has 98 valence electrons. The van der Waals surface area contributed by atoms with Crippen LogP contribution in [0.1, 0.15) is 39.5 Å². The third-order valence-corrected chi connectivity index (χ3v) is 3.47. The zero-order chi connectivity index (χ0) is 13.1. The van der Waals surface area contributed by atoms with Crippen LogP contribution in [0.25, 0.3) is 0 Å². The van der Waals surface area contributed by atoms with Gasteiger partial charge in [-0.1, -0.05) is 13.8 Å². The second-order valence-electron chi connectivity index (χ2n) is 5.39. The van der Waals surface area contributed by atoms with Gasteiger partial charge in [0.15, 0.2) is 0 Å². The maximum Gasteiger partial charge on any atom is 0.421 e. The number of nitrogens with two attached hydrogens (primary N) is 2. The van der Waals surface area contributed by atoms with E-state index in [9.17, 15) is 9.59 Å². The standard InChI is InChI=1S/C12H23N3O2/c1-9(2)8-10(13)11(16)15(12(14)17)6-4-3-5-7-15/h9-10H,3-8,13H2,1-2H3,(H-,14,17)/p+1/t10-/m0/s1. The van der Waals surface area contributed by atoms with Crippen molar-refractivity contribution in [3.8, 4) is 0 Å². The van der Waals surface area contributed by atoms with Crippen LogP contribution in [0.2, 0.25) is 0 Å². The van der Waals surface area contributed by atoms with Gasteiger partial charge in [-0.2, -0.15) is 4.48 Å². The van der Waals surface area contributed by atoms with Crippen molar-refractivity contribution in [2.24, 2.45) is 17.4 Å². The summed E-state index contributed by atoms with van der Waals surface area (Å²) < 4.78 is -0.242. The molecule has 5 nitrogen and oxygen atoms in total. The summed E-state index contributed by atoms with van der Waals surface area (Å²) in [5, 5.41) is 0. The lowest BCUT2D eigenvalue weighted by Crippen LogP contribution is -2.66. The molecule has 3 amide bonds. The normalized spacial score (nSPS) is 21.2. The summed E-state index contributed by atoms with van der Waals surface area (Å²) in [4.78, 5) is 24.0. The number of piperidine rings is 1. The maximum absolute atomic E-state index is 12.3. The van der Waals surface area contributed by atoms with Crippen molar-refractivity contribution in [3.05, 3.63) is 0 Å². The van der Waals surface area contributed by atoms with Gasteiger partial charge in [0, 0.05) is 0 Å². The third kappa shape index (κ3) is 3.04. The van der Waals surface area contributed by atoms with Crippen molar-refractivity contribution >= 4 is 11.9 Å². The van der Waals surface area contributed by atoms with E-state index in [4.69, 9.17) is 11.5 Å². The van der Waals surface area contributed by atoms with Crippen LogP contribution in [-0.2, 0) is 4.79 Å². The van der Waals surface area contributed by atoms with E-state index in [1.54, 1.807) is 0 Å². The van der Waals surface area contributed by atoms with Gasteiger partial charge in [-0.05, 0) is 31.6 Å². The van der Waals surface area contributed by atoms with Crippen LogP contribution in [0.15, 0.2) is 0 Å². The van der Waals surface area contributed by atoms with Crippen molar-refractivity contribution < 1.29 is 14.1 Å². The molecule has 1 aliphatic rings. The number of nitrogens with zero attached hydrogens (tertiary/aromatic N) is 1. The summed E-state index contributed by atoms with van der Waals surface area (Å²) in [5.74, 6) is 0.137. The molecule has 17 heavy (non-hydrogen) atoms. The van der Waals surface area contributed by atoms with Gasteiger partial charge in [-0.3, -0.25) is 0 Å². The number of quaternary nitrogens is 1. The lowest BCUT2D eigenvalue weighted by Gasteiger charge is -2.36. The predicted octanol–water partition coefficient (Wildman–Crippen LogP) is 0.966. The molecule has 0 radical (unpaired) electrons. The summed E-state index contributed by atoms with van der Waals surface area (Å²) in [5.41, 5.74) is 11.3. The first-order valence-electron chi connectivity index (χ1n) is 6.37. The zero-order valence-electron chi connectivity index (χ0n) is 10.8. The molecule has 1 heterocycles. The van der Waals surface area contributed by atoms with Crippen molar-refractivity contribution in [2.75, 3.05) is 13.1 Å². The number of imide groups is 1. The summed E-state index contributed by atoms with van der Waals surface area (Å²) in [6.45, 7) is 5.05. The van der Waals surface area contributed by atoms with E-state index in [-0.39, 0.29) is 10.4 Å². The molecule has 0 bridgehead atoms. The molecular formula is C12H24N3O2+. The molecule has 1 saturated heterocycles. The van der Waals surface area contributed by atoms with Crippen molar-refractivity contribution in [1.82, 2.24) is 0 Å². The fourth-order valence-electron chi connectivity index (χ4n) is 2.53. The van der Waals surface area contributed by atoms with Crippen molar-refractivity contribution in [3.63, 3.8) is 0 Å². The Morgan fingerprint density at radius 3 is 2.12 bits per heavy atom. The van der Waals surface area contributed by atoms with Crippen LogP contribution in [0.3, 0.4) is 0 Å². The fourth-order valence-corrected chi connectivity index (χ4v) is 2.53. The van der Waals surface area contributed by atoms with E-state index in [1.165, 1.54) is 0 Å². The van der Waals surface area contributed by atoms with Gasteiger partial charge in [0.25, 0.3) is 0 Å². The second kappa shape index (κ2) is 5.60. The van der Waals surface area contributed by atoms with E-state index in [0.29, 0.717) is 25.4 Å². The summed E-state index contributed by atoms with van der Waals surface area (Å²) in [6, 6.07) is -1.13. The number of carbonyl (C=O) groups is 2. The van der Waals surface area contributed by atoms with Crippen LogP contribution >= 0.6 is 0 Å². The summed E-state index contributed by atoms with van der Waals surface area (Å²) >= 11 is 0. The van der Waals surface area contributed by atoms with Gasteiger partial charge >= 0.3 is 11.9 Å². The number of rotatable bonds is 3. The van der Waals surface area contributed by atoms with Crippen molar-refractivity contribution in [2.45, 2.75) is 45.6 Å². The summed E-state index contributed by atoms with van der Waals surface area (Å²) in [7, 11) is 0. The molecule has 0 aromatic rings. The Balaban J connectivity index is 2.83. The monoisotopic (exact) mass is 242 g/mol. The number of carbonyl (C=O) groups excluding carboxylic acids is 2. The van der Waals surface area contributed by atoms with Gasteiger partial charge in [-0.15, -0.1) is 0 Å².